The largest absolute Gasteiger partial charge is 0.496 e. The van der Waals surface area contributed by atoms with E-state index >= 15 is 0 Å². The first-order valence-corrected chi connectivity index (χ1v) is 12.1. The number of amides is 1. The second-order valence-electron chi connectivity index (χ2n) is 8.53. The summed E-state index contributed by atoms with van der Waals surface area (Å²) in [7, 11) is 1.44. The molecule has 2 aromatic carbocycles. The molecule has 180 valence electrons. The van der Waals surface area contributed by atoms with Crippen LogP contribution in [-0.2, 0) is 0 Å². The smallest absolute Gasteiger partial charge is 0.274 e. The van der Waals surface area contributed by atoms with E-state index in [-0.39, 0.29) is 28.9 Å². The maximum Gasteiger partial charge on any atom is 0.274 e. The Bertz CT molecular complexity index is 1440. The Kier molecular flexibility index (Phi) is 6.08. The van der Waals surface area contributed by atoms with Crippen LogP contribution in [-0.4, -0.2) is 47.1 Å². The third kappa shape index (κ3) is 4.30. The van der Waals surface area contributed by atoms with Crippen molar-refractivity contribution in [2.24, 2.45) is 5.73 Å². The molecule has 0 radical (unpaired) electrons. The van der Waals surface area contributed by atoms with Crippen LogP contribution in [0.25, 0.3) is 21.6 Å². The van der Waals surface area contributed by atoms with Crippen molar-refractivity contribution in [3.8, 4) is 17.1 Å². The van der Waals surface area contributed by atoms with Gasteiger partial charge in [-0.05, 0) is 50.1 Å². The molecule has 1 saturated heterocycles. The number of aryl methyl sites for hydroxylation is 2. The van der Waals surface area contributed by atoms with Gasteiger partial charge in [0.05, 0.1) is 33.8 Å². The number of nitrogens with zero attached hydrogens (tertiary/aromatic N) is 4. The van der Waals surface area contributed by atoms with Crippen molar-refractivity contribution in [3.63, 3.8) is 0 Å². The van der Waals surface area contributed by atoms with Gasteiger partial charge >= 0.3 is 0 Å². The molecule has 3 heterocycles. The van der Waals surface area contributed by atoms with E-state index in [1.54, 1.807) is 23.5 Å². The summed E-state index contributed by atoms with van der Waals surface area (Å²) in [6.07, 6.45) is 2.30. The minimum Gasteiger partial charge on any atom is -0.496 e. The van der Waals surface area contributed by atoms with Crippen molar-refractivity contribution in [3.05, 3.63) is 58.6 Å². The summed E-state index contributed by atoms with van der Waals surface area (Å²) in [4.78, 5) is 28.8. The number of nitrogens with two attached hydrogens (primary N) is 1. The van der Waals surface area contributed by atoms with E-state index in [2.05, 4.69) is 20.2 Å². The molecule has 8 nitrogen and oxygen atoms in total. The predicted molar refractivity (Wildman–Crippen MR) is 136 cm³/mol. The first kappa shape index (κ1) is 23.1. The van der Waals surface area contributed by atoms with Gasteiger partial charge in [-0.1, -0.05) is 6.07 Å². The molecule has 0 saturated carbocycles. The maximum absolute atomic E-state index is 14.6. The van der Waals surface area contributed by atoms with Crippen LogP contribution in [0, 0.1) is 19.7 Å². The standard InChI is InChI=1S/C25H25FN6O2S/c1-13-11-18(22(32-10-8-15(27)12-32)21-23(13)35-14(2)29-21)31-25(33)17-7-9-28-24(30-17)20-16(26)5-4-6-19(20)34-3/h4-7,9,11,15H,8,10,12,27H2,1-3H3,(H,31,33)/t15-/m0/s1. The van der Waals surface area contributed by atoms with E-state index in [0.29, 0.717) is 12.2 Å². The Morgan fingerprint density at radius 3 is 2.86 bits per heavy atom. The molecule has 1 aliphatic rings. The number of hydrogen-bond donors (Lipinski definition) is 2. The Hall–Kier alpha value is -3.63. The molecule has 0 spiro atoms. The van der Waals surface area contributed by atoms with E-state index in [1.165, 1.54) is 25.4 Å². The van der Waals surface area contributed by atoms with Crippen LogP contribution in [0.15, 0.2) is 36.5 Å². The van der Waals surface area contributed by atoms with Crippen molar-refractivity contribution in [1.29, 1.82) is 0 Å². The number of benzene rings is 2. The number of carbonyl (C=O) groups excluding carboxylic acids is 1. The molecule has 0 aliphatic carbocycles. The predicted octanol–water partition coefficient (Wildman–Crippen LogP) is 4.31. The molecule has 2 aromatic heterocycles. The zero-order valence-electron chi connectivity index (χ0n) is 19.6. The van der Waals surface area contributed by atoms with Gasteiger partial charge in [0.25, 0.3) is 5.91 Å². The number of hydrogen-bond acceptors (Lipinski definition) is 8. The summed E-state index contributed by atoms with van der Waals surface area (Å²) in [6.45, 7) is 5.44. The van der Waals surface area contributed by atoms with Crippen LogP contribution in [0.4, 0.5) is 15.8 Å². The number of anilines is 2. The lowest BCUT2D eigenvalue weighted by atomic mass is 10.1. The number of methoxy groups -OCH3 is 1. The SMILES string of the molecule is COc1cccc(F)c1-c1nccc(C(=O)Nc2cc(C)c3sc(C)nc3c2N2CC[C@H](N)C2)n1. The summed E-state index contributed by atoms with van der Waals surface area (Å²) in [5.74, 6) is -0.607. The average Bonchev–Trinajstić information content (AvgIpc) is 3.44. The van der Waals surface area contributed by atoms with E-state index in [1.807, 2.05) is 19.9 Å². The van der Waals surface area contributed by atoms with E-state index < -0.39 is 11.7 Å². The Morgan fingerprint density at radius 2 is 2.11 bits per heavy atom. The zero-order chi connectivity index (χ0) is 24.7. The van der Waals surface area contributed by atoms with Gasteiger partial charge in [-0.15, -0.1) is 11.3 Å². The van der Waals surface area contributed by atoms with Crippen LogP contribution < -0.4 is 20.7 Å². The van der Waals surface area contributed by atoms with Gasteiger partial charge in [0.2, 0.25) is 0 Å². The fourth-order valence-electron chi connectivity index (χ4n) is 4.42. The van der Waals surface area contributed by atoms with Crippen LogP contribution in [0.3, 0.4) is 0 Å². The molecule has 35 heavy (non-hydrogen) atoms. The van der Waals surface area contributed by atoms with Crippen molar-refractivity contribution >= 4 is 38.8 Å². The van der Waals surface area contributed by atoms with Gasteiger partial charge in [-0.3, -0.25) is 4.79 Å². The number of rotatable bonds is 5. The fraction of sp³-hybridized carbons (Fsp3) is 0.280. The number of ether oxygens (including phenoxy) is 1. The zero-order valence-corrected chi connectivity index (χ0v) is 20.4. The van der Waals surface area contributed by atoms with Crippen LogP contribution in [0.1, 0.15) is 27.5 Å². The summed E-state index contributed by atoms with van der Waals surface area (Å²) in [5.41, 5.74) is 9.78. The maximum atomic E-state index is 14.6. The van der Waals surface area contributed by atoms with Gasteiger partial charge in [-0.25, -0.2) is 19.3 Å². The van der Waals surface area contributed by atoms with E-state index in [9.17, 15) is 9.18 Å². The highest BCUT2D eigenvalue weighted by atomic mass is 32.1. The minimum atomic E-state index is -0.533. The lowest BCUT2D eigenvalue weighted by Gasteiger charge is -2.23. The fourth-order valence-corrected chi connectivity index (χ4v) is 5.31. The normalized spacial score (nSPS) is 15.6. The van der Waals surface area contributed by atoms with Crippen LogP contribution >= 0.6 is 11.3 Å². The molecule has 3 N–H and O–H groups in total. The van der Waals surface area contributed by atoms with Crippen molar-refractivity contribution in [2.75, 3.05) is 30.4 Å². The van der Waals surface area contributed by atoms with Crippen molar-refractivity contribution < 1.29 is 13.9 Å². The molecule has 1 atom stereocenters. The highest BCUT2D eigenvalue weighted by Crippen LogP contribution is 2.40. The second kappa shape index (κ2) is 9.20. The molecule has 0 bridgehead atoms. The minimum absolute atomic E-state index is 0.0646. The lowest BCUT2D eigenvalue weighted by Crippen LogP contribution is -2.27. The second-order valence-corrected chi connectivity index (χ2v) is 9.73. The number of thiazole rings is 1. The van der Waals surface area contributed by atoms with Crippen LogP contribution in [0.2, 0.25) is 0 Å². The highest BCUT2D eigenvalue weighted by molar-refractivity contribution is 7.18. The van der Waals surface area contributed by atoms with Gasteiger partial charge in [0.1, 0.15) is 22.8 Å². The van der Waals surface area contributed by atoms with Gasteiger partial charge in [0.15, 0.2) is 5.82 Å². The first-order chi connectivity index (χ1) is 16.9. The molecular formula is C25H25FN6O2S. The van der Waals surface area contributed by atoms with Gasteiger partial charge < -0.3 is 20.7 Å². The van der Waals surface area contributed by atoms with Crippen molar-refractivity contribution in [1.82, 2.24) is 15.0 Å². The molecule has 1 fully saturated rings. The lowest BCUT2D eigenvalue weighted by molar-refractivity contribution is 0.102. The number of halogens is 1. The topological polar surface area (TPSA) is 106 Å². The molecule has 0 unspecified atom stereocenters. The Balaban J connectivity index is 1.54. The molecule has 5 rings (SSSR count). The molecule has 10 heteroatoms. The molecule has 4 aromatic rings. The number of aromatic nitrogens is 3. The first-order valence-electron chi connectivity index (χ1n) is 11.2. The molecule has 1 aliphatic heterocycles. The Morgan fingerprint density at radius 1 is 1.29 bits per heavy atom. The van der Waals surface area contributed by atoms with Crippen LogP contribution in [0.5, 0.6) is 5.75 Å². The van der Waals surface area contributed by atoms with Crippen molar-refractivity contribution in [2.45, 2.75) is 26.3 Å². The number of carbonyl (C=O) groups is 1. The third-order valence-electron chi connectivity index (χ3n) is 6.03. The monoisotopic (exact) mass is 492 g/mol. The third-order valence-corrected chi connectivity index (χ3v) is 7.13. The average molecular weight is 493 g/mol. The van der Waals surface area contributed by atoms with E-state index in [4.69, 9.17) is 15.5 Å². The van der Waals surface area contributed by atoms with Gasteiger partial charge in [-0.2, -0.15) is 0 Å². The summed E-state index contributed by atoms with van der Waals surface area (Å²) >= 11 is 1.63. The molecular weight excluding hydrogens is 467 g/mol. The summed E-state index contributed by atoms with van der Waals surface area (Å²) in [5, 5.41) is 3.96. The summed E-state index contributed by atoms with van der Waals surface area (Å²) < 4.78 is 20.9. The quantitative estimate of drug-likeness (QED) is 0.428. The molecule has 1 amide bonds. The highest BCUT2D eigenvalue weighted by Gasteiger charge is 2.27. The van der Waals surface area contributed by atoms with Gasteiger partial charge in [0, 0.05) is 25.3 Å². The summed E-state index contributed by atoms with van der Waals surface area (Å²) in [6, 6.07) is 7.98. The Labute approximate surface area is 206 Å². The number of fused-ring (bicyclic) bond motifs is 1. The number of nitrogens with one attached hydrogen (secondary N) is 1. The van der Waals surface area contributed by atoms with E-state index in [0.717, 1.165) is 39.4 Å².